The third-order valence-electron chi connectivity index (χ3n) is 1.09. The van der Waals surface area contributed by atoms with Crippen LogP contribution in [0, 0.1) is 0 Å². The van der Waals surface area contributed by atoms with Crippen molar-refractivity contribution in [2.75, 3.05) is 25.4 Å². The average Bonchev–Trinajstić information content (AvgIpc) is 1.69. The maximum absolute atomic E-state index is 8.93. The Morgan fingerprint density at radius 2 is 1.86 bits per heavy atom. The van der Waals surface area contributed by atoms with Gasteiger partial charge in [0.2, 0.25) is 0 Å². The third-order valence-corrected chi connectivity index (χ3v) is 2.57. The molecular weight excluding hydrogens is 109 g/mol. The second-order valence-corrected chi connectivity index (χ2v) is 3.61. The van der Waals surface area contributed by atoms with E-state index in [1.807, 2.05) is 0 Å². The lowest BCUT2D eigenvalue weighted by molar-refractivity contribution is 0.596. The molecule has 0 radical (unpaired) electrons. The summed E-state index contributed by atoms with van der Waals surface area (Å²) in [6.45, 7) is 2.03. The van der Waals surface area contributed by atoms with E-state index >= 15 is 0 Å². The van der Waals surface area contributed by atoms with Crippen molar-refractivity contribution < 1.29 is 4.89 Å². The molecule has 0 aliphatic carbocycles. The van der Waals surface area contributed by atoms with Gasteiger partial charge in [0.05, 0.1) is 0 Å². The van der Waals surface area contributed by atoms with Gasteiger partial charge in [-0.05, 0) is 0 Å². The van der Waals surface area contributed by atoms with Crippen molar-refractivity contribution in [2.45, 2.75) is 0 Å². The molecule has 1 saturated heterocycles. The molecule has 0 bridgehead atoms. The Hall–Kier alpha value is 0.350. The predicted octanol–water partition coefficient (Wildman–Crippen LogP) is -0.0212. The Labute approximate surface area is 44.8 Å². The molecular formula is C4H10NOP. The van der Waals surface area contributed by atoms with Crippen LogP contribution in [0.25, 0.3) is 0 Å². The summed E-state index contributed by atoms with van der Waals surface area (Å²) >= 11 is 0. The lowest BCUT2D eigenvalue weighted by Gasteiger charge is -2.16. The largest absolute Gasteiger partial charge is 0.374 e. The van der Waals surface area contributed by atoms with Gasteiger partial charge in [-0.15, -0.1) is 0 Å². The van der Waals surface area contributed by atoms with Gasteiger partial charge in [-0.25, -0.2) is 0 Å². The van der Waals surface area contributed by atoms with Crippen LogP contribution in [0.15, 0.2) is 0 Å². The highest BCUT2D eigenvalue weighted by molar-refractivity contribution is 7.51. The van der Waals surface area contributed by atoms with Gasteiger partial charge in [-0.1, -0.05) is 0 Å². The van der Waals surface area contributed by atoms with Crippen LogP contribution in [0.2, 0.25) is 0 Å². The molecule has 2 N–H and O–H groups in total. The zero-order valence-corrected chi connectivity index (χ0v) is 5.12. The van der Waals surface area contributed by atoms with E-state index in [2.05, 4.69) is 5.32 Å². The van der Waals surface area contributed by atoms with Gasteiger partial charge in [0.15, 0.2) is 0 Å². The molecule has 1 aliphatic rings. The lowest BCUT2D eigenvalue weighted by atomic mass is 10.6. The van der Waals surface area contributed by atoms with E-state index in [-0.39, 0.29) is 0 Å². The van der Waals surface area contributed by atoms with E-state index < -0.39 is 8.15 Å². The van der Waals surface area contributed by atoms with Crippen molar-refractivity contribution in [1.82, 2.24) is 5.32 Å². The quantitative estimate of drug-likeness (QED) is 0.439. The summed E-state index contributed by atoms with van der Waals surface area (Å²) in [5, 5.41) is 3.17. The molecule has 2 nitrogen and oxygen atoms in total. The second-order valence-electron chi connectivity index (χ2n) is 1.70. The summed E-state index contributed by atoms with van der Waals surface area (Å²) in [4.78, 5) is 8.93. The molecule has 1 fully saturated rings. The number of hydrogen-bond acceptors (Lipinski definition) is 2. The van der Waals surface area contributed by atoms with Crippen LogP contribution in [-0.4, -0.2) is 30.3 Å². The molecule has 3 heteroatoms. The Bertz CT molecular complexity index is 53.7. The Morgan fingerprint density at radius 3 is 2.14 bits per heavy atom. The van der Waals surface area contributed by atoms with Crippen molar-refractivity contribution in [1.29, 1.82) is 0 Å². The van der Waals surface area contributed by atoms with E-state index in [1.54, 1.807) is 0 Å². The fraction of sp³-hybridized carbons (Fsp3) is 1.00. The van der Waals surface area contributed by atoms with Gasteiger partial charge in [-0.3, -0.25) is 0 Å². The molecule has 42 valence electrons. The van der Waals surface area contributed by atoms with Gasteiger partial charge in [-0.2, -0.15) is 0 Å². The topological polar surface area (TPSA) is 32.3 Å². The van der Waals surface area contributed by atoms with Crippen LogP contribution < -0.4 is 5.32 Å². The zero-order valence-electron chi connectivity index (χ0n) is 4.22. The van der Waals surface area contributed by atoms with Crippen LogP contribution in [0.1, 0.15) is 0 Å². The van der Waals surface area contributed by atoms with E-state index in [4.69, 9.17) is 4.89 Å². The third kappa shape index (κ3) is 1.72. The number of nitrogens with one attached hydrogen (secondary N) is 1. The zero-order chi connectivity index (χ0) is 5.11. The molecule has 7 heavy (non-hydrogen) atoms. The summed E-state index contributed by atoms with van der Waals surface area (Å²) in [7, 11) is -0.554. The minimum Gasteiger partial charge on any atom is -0.374 e. The molecule has 0 spiro atoms. The predicted molar refractivity (Wildman–Crippen MR) is 31.7 cm³/mol. The molecule has 0 atom stereocenters. The molecule has 0 aromatic heterocycles. The van der Waals surface area contributed by atoms with E-state index in [0.29, 0.717) is 0 Å². The Morgan fingerprint density at radius 1 is 1.29 bits per heavy atom. The summed E-state index contributed by atoms with van der Waals surface area (Å²) in [5.41, 5.74) is 0. The highest BCUT2D eigenvalue weighted by Crippen LogP contribution is 2.29. The van der Waals surface area contributed by atoms with Crippen molar-refractivity contribution in [3.63, 3.8) is 0 Å². The maximum Gasteiger partial charge on any atom is 0.0276 e. The monoisotopic (exact) mass is 119 g/mol. The van der Waals surface area contributed by atoms with Crippen molar-refractivity contribution in [3.8, 4) is 0 Å². The lowest BCUT2D eigenvalue weighted by Crippen LogP contribution is -2.26. The summed E-state index contributed by atoms with van der Waals surface area (Å²) in [6, 6.07) is 0. The molecule has 1 aliphatic heterocycles. The summed E-state index contributed by atoms with van der Waals surface area (Å²) in [6.07, 6.45) is 1.99. The SMILES string of the molecule is OP1CCNCC1. The molecule has 0 unspecified atom stereocenters. The fourth-order valence-electron chi connectivity index (χ4n) is 0.653. The van der Waals surface area contributed by atoms with Gasteiger partial charge >= 0.3 is 0 Å². The van der Waals surface area contributed by atoms with E-state index in [0.717, 1.165) is 25.4 Å². The van der Waals surface area contributed by atoms with Crippen LogP contribution in [0.4, 0.5) is 0 Å². The van der Waals surface area contributed by atoms with Gasteiger partial charge < -0.3 is 10.2 Å². The van der Waals surface area contributed by atoms with Crippen molar-refractivity contribution >= 4 is 8.15 Å². The number of hydrogen-bond donors (Lipinski definition) is 2. The minimum absolute atomic E-state index is 0.554. The van der Waals surface area contributed by atoms with E-state index in [9.17, 15) is 0 Å². The molecule has 1 rings (SSSR count). The van der Waals surface area contributed by atoms with Crippen LogP contribution in [-0.2, 0) is 0 Å². The molecule has 0 aromatic rings. The van der Waals surface area contributed by atoms with Gasteiger partial charge in [0, 0.05) is 33.6 Å². The van der Waals surface area contributed by atoms with Crippen LogP contribution >= 0.6 is 8.15 Å². The normalized spacial score (nSPS) is 25.3. The van der Waals surface area contributed by atoms with Crippen LogP contribution in [0.5, 0.6) is 0 Å². The second kappa shape index (κ2) is 2.61. The maximum atomic E-state index is 8.93. The first-order valence-electron chi connectivity index (χ1n) is 2.54. The highest BCUT2D eigenvalue weighted by Gasteiger charge is 2.06. The highest BCUT2D eigenvalue weighted by atomic mass is 31.1. The number of rotatable bonds is 0. The van der Waals surface area contributed by atoms with Gasteiger partial charge in [0.25, 0.3) is 0 Å². The molecule has 0 amide bonds. The van der Waals surface area contributed by atoms with Crippen LogP contribution in [0.3, 0.4) is 0 Å². The van der Waals surface area contributed by atoms with E-state index in [1.165, 1.54) is 0 Å². The van der Waals surface area contributed by atoms with Crippen molar-refractivity contribution in [3.05, 3.63) is 0 Å². The summed E-state index contributed by atoms with van der Waals surface area (Å²) in [5.74, 6) is 0. The molecule has 0 saturated carbocycles. The smallest absolute Gasteiger partial charge is 0.0276 e. The molecule has 0 aromatic carbocycles. The van der Waals surface area contributed by atoms with Gasteiger partial charge in [0.1, 0.15) is 0 Å². The van der Waals surface area contributed by atoms with Crippen molar-refractivity contribution in [2.24, 2.45) is 0 Å². The molecule has 1 heterocycles. The standard InChI is InChI=1S/C4H10NOP/c6-7-3-1-5-2-4-7/h5-6H,1-4H2. The Balaban J connectivity index is 2.12. The average molecular weight is 119 g/mol. The minimum atomic E-state index is -0.554. The summed E-state index contributed by atoms with van der Waals surface area (Å²) < 4.78 is 0. The first kappa shape index (κ1) is 5.49. The fourth-order valence-corrected chi connectivity index (χ4v) is 1.71. The Kier molecular flexibility index (Phi) is 2.04. The first-order valence-corrected chi connectivity index (χ1v) is 4.20. The first-order chi connectivity index (χ1) is 3.39.